The van der Waals surface area contributed by atoms with Crippen LogP contribution in [0, 0.1) is 0 Å². The minimum atomic E-state index is -2.59. The van der Waals surface area contributed by atoms with Gasteiger partial charge in [0.1, 0.15) is 11.4 Å². The van der Waals surface area contributed by atoms with Gasteiger partial charge in [0.15, 0.2) is 5.78 Å². The van der Waals surface area contributed by atoms with E-state index in [9.17, 15) is 13.6 Å². The monoisotopic (exact) mass is 200 g/mol. The van der Waals surface area contributed by atoms with Crippen molar-refractivity contribution >= 4 is 5.78 Å². The van der Waals surface area contributed by atoms with Crippen LogP contribution in [0.3, 0.4) is 0 Å². The Morgan fingerprint density at radius 1 is 1.43 bits per heavy atom. The molecule has 0 saturated heterocycles. The van der Waals surface area contributed by atoms with E-state index in [4.69, 9.17) is 0 Å². The first kappa shape index (κ1) is 9.30. The van der Waals surface area contributed by atoms with Crippen LogP contribution in [0.2, 0.25) is 0 Å². The molecule has 0 atom stereocenters. The molecule has 2 rings (SSSR count). The quantitative estimate of drug-likeness (QED) is 0.693. The first-order chi connectivity index (χ1) is 6.61. The molecular formula is C9H10F2N2O. The number of aromatic nitrogens is 2. The second kappa shape index (κ2) is 3.15. The van der Waals surface area contributed by atoms with Gasteiger partial charge in [0.25, 0.3) is 6.43 Å². The van der Waals surface area contributed by atoms with Gasteiger partial charge >= 0.3 is 0 Å². The second-order valence-electron chi connectivity index (χ2n) is 3.41. The smallest absolute Gasteiger partial charge is 0.282 e. The molecule has 0 saturated carbocycles. The van der Waals surface area contributed by atoms with Crippen LogP contribution in [-0.2, 0) is 13.5 Å². The van der Waals surface area contributed by atoms with Crippen LogP contribution >= 0.6 is 0 Å². The lowest BCUT2D eigenvalue weighted by atomic mass is 9.95. The lowest BCUT2D eigenvalue weighted by Gasteiger charge is -2.11. The number of carbonyl (C=O) groups is 1. The molecule has 0 aromatic carbocycles. The van der Waals surface area contributed by atoms with E-state index < -0.39 is 6.43 Å². The Balaban J connectivity index is 2.57. The molecule has 1 aromatic heterocycles. The molecule has 5 heteroatoms. The lowest BCUT2D eigenvalue weighted by molar-refractivity contribution is 0.0963. The SMILES string of the molecule is Cn1nc(C(F)F)c2c1C(=O)CCC2. The Kier molecular flexibility index (Phi) is 2.09. The van der Waals surface area contributed by atoms with Crippen LogP contribution in [-0.4, -0.2) is 15.6 Å². The summed E-state index contributed by atoms with van der Waals surface area (Å²) in [6.07, 6.45) is -0.961. The number of hydrogen-bond acceptors (Lipinski definition) is 2. The summed E-state index contributed by atoms with van der Waals surface area (Å²) in [4.78, 5) is 11.4. The third-order valence-electron chi connectivity index (χ3n) is 2.48. The first-order valence-electron chi connectivity index (χ1n) is 4.48. The van der Waals surface area contributed by atoms with Crippen molar-refractivity contribution < 1.29 is 13.6 Å². The summed E-state index contributed by atoms with van der Waals surface area (Å²) in [5.41, 5.74) is 0.584. The van der Waals surface area contributed by atoms with Crippen molar-refractivity contribution in [3.05, 3.63) is 17.0 Å². The number of halogens is 2. The van der Waals surface area contributed by atoms with Gasteiger partial charge in [-0.1, -0.05) is 0 Å². The molecule has 0 bridgehead atoms. The van der Waals surface area contributed by atoms with Crippen LogP contribution in [0.4, 0.5) is 8.78 Å². The highest BCUT2D eigenvalue weighted by atomic mass is 19.3. The average Bonchev–Trinajstić information content (AvgIpc) is 2.45. The fraction of sp³-hybridized carbons (Fsp3) is 0.556. The van der Waals surface area contributed by atoms with Crippen LogP contribution in [0.5, 0.6) is 0 Å². The van der Waals surface area contributed by atoms with E-state index in [1.54, 1.807) is 0 Å². The summed E-state index contributed by atoms with van der Waals surface area (Å²) in [6, 6.07) is 0. The number of nitrogens with zero attached hydrogens (tertiary/aromatic N) is 2. The highest BCUT2D eigenvalue weighted by Gasteiger charge is 2.28. The van der Waals surface area contributed by atoms with Gasteiger partial charge in [-0.2, -0.15) is 5.10 Å². The molecule has 0 radical (unpaired) electrons. The molecule has 76 valence electrons. The highest BCUT2D eigenvalue weighted by Crippen LogP contribution is 2.29. The van der Waals surface area contributed by atoms with Crippen LogP contribution in [0.15, 0.2) is 0 Å². The summed E-state index contributed by atoms with van der Waals surface area (Å²) in [6.45, 7) is 0. The van der Waals surface area contributed by atoms with Gasteiger partial charge in [0.2, 0.25) is 0 Å². The first-order valence-corrected chi connectivity index (χ1v) is 4.48. The molecule has 14 heavy (non-hydrogen) atoms. The molecule has 1 aliphatic carbocycles. The zero-order chi connectivity index (χ0) is 10.3. The summed E-state index contributed by atoms with van der Waals surface area (Å²) < 4.78 is 26.3. The largest absolute Gasteiger partial charge is 0.292 e. The van der Waals surface area contributed by atoms with Crippen molar-refractivity contribution in [3.8, 4) is 0 Å². The number of rotatable bonds is 1. The molecule has 0 N–H and O–H groups in total. The average molecular weight is 200 g/mol. The van der Waals surface area contributed by atoms with Crippen molar-refractivity contribution in [1.29, 1.82) is 0 Å². The molecule has 0 amide bonds. The molecule has 1 heterocycles. The van der Waals surface area contributed by atoms with E-state index in [-0.39, 0.29) is 11.5 Å². The van der Waals surface area contributed by atoms with E-state index in [0.29, 0.717) is 30.5 Å². The number of hydrogen-bond donors (Lipinski definition) is 0. The predicted molar refractivity (Wildman–Crippen MR) is 45.4 cm³/mol. The summed E-state index contributed by atoms with van der Waals surface area (Å²) >= 11 is 0. The third kappa shape index (κ3) is 1.23. The molecule has 0 fully saturated rings. The number of Topliss-reactive ketones (excluding diaryl/α,β-unsaturated/α-hetero) is 1. The Morgan fingerprint density at radius 2 is 2.14 bits per heavy atom. The van der Waals surface area contributed by atoms with Crippen LogP contribution in [0.25, 0.3) is 0 Å². The maximum atomic E-state index is 12.5. The number of ketones is 1. The Hall–Kier alpha value is -1.26. The zero-order valence-electron chi connectivity index (χ0n) is 7.76. The van der Waals surface area contributed by atoms with Crippen molar-refractivity contribution in [2.45, 2.75) is 25.7 Å². The van der Waals surface area contributed by atoms with Crippen molar-refractivity contribution in [2.75, 3.05) is 0 Å². The summed E-state index contributed by atoms with van der Waals surface area (Å²) in [5.74, 6) is -0.0758. The molecule has 0 aliphatic heterocycles. The van der Waals surface area contributed by atoms with E-state index in [2.05, 4.69) is 5.10 Å². The fourth-order valence-corrected chi connectivity index (χ4v) is 1.90. The maximum absolute atomic E-state index is 12.5. The fourth-order valence-electron chi connectivity index (χ4n) is 1.90. The standard InChI is InChI=1S/C9H10F2N2O/c1-13-8-5(3-2-4-6(8)14)7(12-13)9(10)11/h9H,2-4H2,1H3. The normalized spacial score (nSPS) is 16.1. The number of aryl methyl sites for hydroxylation is 1. The molecule has 0 spiro atoms. The van der Waals surface area contributed by atoms with Gasteiger partial charge < -0.3 is 0 Å². The van der Waals surface area contributed by atoms with Crippen molar-refractivity contribution in [2.24, 2.45) is 7.05 Å². The van der Waals surface area contributed by atoms with Gasteiger partial charge in [-0.05, 0) is 12.8 Å². The Morgan fingerprint density at radius 3 is 2.79 bits per heavy atom. The molecule has 1 aliphatic rings. The maximum Gasteiger partial charge on any atom is 0.282 e. The number of carbonyl (C=O) groups excluding carboxylic acids is 1. The van der Waals surface area contributed by atoms with Gasteiger partial charge in [0.05, 0.1) is 0 Å². The third-order valence-corrected chi connectivity index (χ3v) is 2.48. The van der Waals surface area contributed by atoms with Gasteiger partial charge in [0, 0.05) is 19.0 Å². The summed E-state index contributed by atoms with van der Waals surface area (Å²) in [7, 11) is 1.54. The predicted octanol–water partition coefficient (Wildman–Crippen LogP) is 1.88. The Labute approximate surface area is 79.7 Å². The van der Waals surface area contributed by atoms with Gasteiger partial charge in [-0.3, -0.25) is 9.48 Å². The number of alkyl halides is 2. The minimum Gasteiger partial charge on any atom is -0.292 e. The van der Waals surface area contributed by atoms with Gasteiger partial charge in [-0.25, -0.2) is 8.78 Å². The van der Waals surface area contributed by atoms with Crippen LogP contribution in [0.1, 0.15) is 41.0 Å². The molecular weight excluding hydrogens is 190 g/mol. The van der Waals surface area contributed by atoms with E-state index in [1.165, 1.54) is 11.7 Å². The summed E-state index contributed by atoms with van der Waals surface area (Å²) in [5, 5.41) is 3.69. The minimum absolute atomic E-state index is 0.0758. The lowest BCUT2D eigenvalue weighted by Crippen LogP contribution is -2.14. The molecule has 3 nitrogen and oxygen atoms in total. The zero-order valence-corrected chi connectivity index (χ0v) is 7.76. The van der Waals surface area contributed by atoms with E-state index >= 15 is 0 Å². The van der Waals surface area contributed by atoms with Crippen LogP contribution < -0.4 is 0 Å². The van der Waals surface area contributed by atoms with Gasteiger partial charge in [-0.15, -0.1) is 0 Å². The van der Waals surface area contributed by atoms with E-state index in [1.807, 2.05) is 0 Å². The Bertz CT molecular complexity index is 384. The molecule has 1 aromatic rings. The second-order valence-corrected chi connectivity index (χ2v) is 3.41. The molecule has 0 unspecified atom stereocenters. The van der Waals surface area contributed by atoms with E-state index in [0.717, 1.165) is 0 Å². The van der Waals surface area contributed by atoms with Crippen molar-refractivity contribution in [1.82, 2.24) is 9.78 Å². The van der Waals surface area contributed by atoms with Crippen molar-refractivity contribution in [3.63, 3.8) is 0 Å². The highest BCUT2D eigenvalue weighted by molar-refractivity contribution is 5.97. The topological polar surface area (TPSA) is 34.9 Å². The number of fused-ring (bicyclic) bond motifs is 1.